The van der Waals surface area contributed by atoms with Crippen LogP contribution in [0.1, 0.15) is 117 Å². The number of aromatic nitrogens is 1. The summed E-state index contributed by atoms with van der Waals surface area (Å²) in [5.74, 6) is -4.63. The molecule has 3 heterocycles. The normalized spacial score (nSPS) is 17.3. The number of nitrogens with zero attached hydrogens (tertiary/aromatic N) is 2. The molecular formula is C64H60F3N3O10. The Bertz CT molecular complexity index is 3330. The zero-order valence-electron chi connectivity index (χ0n) is 44.4. The van der Waals surface area contributed by atoms with Crippen LogP contribution >= 0.6 is 0 Å². The predicted molar refractivity (Wildman–Crippen MR) is 294 cm³/mol. The van der Waals surface area contributed by atoms with Crippen LogP contribution in [0.3, 0.4) is 0 Å². The van der Waals surface area contributed by atoms with Crippen molar-refractivity contribution in [1.82, 2.24) is 4.57 Å². The molecule has 1 N–H and O–H groups in total. The van der Waals surface area contributed by atoms with Crippen LogP contribution in [0.25, 0.3) is 22.4 Å². The van der Waals surface area contributed by atoms with Crippen molar-refractivity contribution in [2.75, 3.05) is 10.2 Å². The molecule has 2 saturated heterocycles. The number of carbonyl (C=O) groups excluding carboxylic acids is 6. The van der Waals surface area contributed by atoms with Gasteiger partial charge in [-0.3, -0.25) is 28.8 Å². The molecule has 9 rings (SSSR count). The number of hydrogen-bond acceptors (Lipinski definition) is 10. The number of nitrogens with one attached hydrogen (secondary N) is 1. The first-order chi connectivity index (χ1) is 38.6. The molecule has 2 fully saturated rings. The zero-order valence-corrected chi connectivity index (χ0v) is 44.4. The number of cyclic esters (lactones) is 1. The number of halogens is 3. The third-order valence-corrected chi connectivity index (χ3v) is 14.3. The Morgan fingerprint density at radius 1 is 0.713 bits per heavy atom. The van der Waals surface area contributed by atoms with Gasteiger partial charge < -0.3 is 33.7 Å². The molecule has 5 atom stereocenters. The van der Waals surface area contributed by atoms with E-state index in [0.29, 0.717) is 57.7 Å². The van der Waals surface area contributed by atoms with Gasteiger partial charge in [-0.05, 0) is 132 Å². The number of para-hydroxylation sites is 1. The SMILES string of the molecule is CC(=O)OC(CC[C@H]1C(=O)N(c2ccc(F)cc2)[C@@H]1c1ccc(OC(=O)CCCC(=O)OC2CC(=O)OC(CCn3c(-c4ccc(F)cc4)c(-c4ccccc4)c(C(=O)Nc4ccccc4)c3C(C)C)C2)cc1)c1ccc(F)cc1. The molecule has 13 nitrogen and oxygen atoms in total. The van der Waals surface area contributed by atoms with Gasteiger partial charge >= 0.3 is 23.9 Å². The van der Waals surface area contributed by atoms with E-state index < -0.39 is 71.6 Å². The number of β-lactam (4-membered cyclic amide) rings is 1. The van der Waals surface area contributed by atoms with Crippen molar-refractivity contribution in [3.05, 3.63) is 198 Å². The van der Waals surface area contributed by atoms with Crippen LogP contribution in [-0.2, 0) is 44.7 Å². The van der Waals surface area contributed by atoms with Gasteiger partial charge in [-0.15, -0.1) is 0 Å². The summed E-state index contributed by atoms with van der Waals surface area (Å²) in [6.07, 6.45) is -1.39. The highest BCUT2D eigenvalue weighted by molar-refractivity contribution is 6.12. The van der Waals surface area contributed by atoms with E-state index in [4.69, 9.17) is 18.9 Å². The van der Waals surface area contributed by atoms with E-state index >= 15 is 0 Å². The lowest BCUT2D eigenvalue weighted by Crippen LogP contribution is -2.55. The monoisotopic (exact) mass is 1090 g/mol. The van der Waals surface area contributed by atoms with E-state index in [-0.39, 0.29) is 68.6 Å². The number of carbonyl (C=O) groups is 6. The van der Waals surface area contributed by atoms with E-state index in [9.17, 15) is 41.9 Å². The molecule has 3 unspecified atom stereocenters. The largest absolute Gasteiger partial charge is 0.462 e. The maximum absolute atomic E-state index is 14.5. The van der Waals surface area contributed by atoms with Crippen LogP contribution in [0.2, 0.25) is 0 Å². The average Bonchev–Trinajstić information content (AvgIpc) is 4.01. The molecule has 80 heavy (non-hydrogen) atoms. The number of ether oxygens (including phenoxy) is 4. The summed E-state index contributed by atoms with van der Waals surface area (Å²) >= 11 is 0. The Hall–Kier alpha value is -8.79. The Morgan fingerprint density at radius 2 is 1.32 bits per heavy atom. The van der Waals surface area contributed by atoms with Gasteiger partial charge in [0.1, 0.15) is 41.5 Å². The second-order valence-corrected chi connectivity index (χ2v) is 20.3. The predicted octanol–water partition coefficient (Wildman–Crippen LogP) is 13.2. The number of hydrogen-bond donors (Lipinski definition) is 1. The molecule has 7 aromatic rings. The number of esters is 4. The highest BCUT2D eigenvalue weighted by Crippen LogP contribution is 2.47. The lowest BCUT2D eigenvalue weighted by Gasteiger charge is -2.48. The molecule has 0 aliphatic carbocycles. The first-order valence-corrected chi connectivity index (χ1v) is 26.7. The first kappa shape index (κ1) is 55.9. The second kappa shape index (κ2) is 25.3. The molecule has 2 aliphatic heterocycles. The summed E-state index contributed by atoms with van der Waals surface area (Å²) < 4.78 is 67.0. The summed E-state index contributed by atoms with van der Waals surface area (Å²) in [6.45, 7) is 5.56. The van der Waals surface area contributed by atoms with Gasteiger partial charge in [0.15, 0.2) is 0 Å². The van der Waals surface area contributed by atoms with Gasteiger partial charge in [0, 0.05) is 61.8 Å². The lowest BCUT2D eigenvalue weighted by atomic mass is 9.78. The standard InChI is InChI=1S/C64H60F3N3O10/c1-39(2)60-59(63(75)68-48-13-8-5-9-14-48)58(42-11-6-4-7-12-42)62(44-19-25-46(66)26-20-44)69(60)36-35-51-37-52(38-57(74)79-51)80-56(73)16-10-15-55(72)78-50-31-21-43(22-32-50)61-53(64(76)70(61)49-29-27-47(67)28-30-49)33-34-54(77-40(3)71)41-17-23-45(65)24-18-41/h4-9,11-14,17-32,39,51-54,61H,10,15-16,33-38H2,1-3H3,(H,68,75)/t51?,52?,53-,54?,61-/m1/s1. The van der Waals surface area contributed by atoms with Crippen LogP contribution < -0.4 is 15.0 Å². The summed E-state index contributed by atoms with van der Waals surface area (Å²) in [6, 6.07) is 42.1. The summed E-state index contributed by atoms with van der Waals surface area (Å²) in [5.41, 5.74) is 6.40. The average molecular weight is 1090 g/mol. The zero-order chi connectivity index (χ0) is 56.5. The first-order valence-electron chi connectivity index (χ1n) is 26.7. The molecule has 2 aliphatic rings. The second-order valence-electron chi connectivity index (χ2n) is 20.3. The van der Waals surface area contributed by atoms with Gasteiger partial charge in [-0.2, -0.15) is 0 Å². The van der Waals surface area contributed by atoms with E-state index in [1.807, 2.05) is 74.5 Å². The highest BCUT2D eigenvalue weighted by Gasteiger charge is 2.49. The molecule has 0 saturated carbocycles. The molecule has 1 aromatic heterocycles. The molecule has 2 amide bonds. The Morgan fingerprint density at radius 3 is 1.96 bits per heavy atom. The quantitative estimate of drug-likeness (QED) is 0.0318. The lowest BCUT2D eigenvalue weighted by molar-refractivity contribution is -0.169. The number of benzene rings is 6. The molecule has 412 valence electrons. The van der Waals surface area contributed by atoms with E-state index in [1.54, 1.807) is 41.3 Å². The summed E-state index contributed by atoms with van der Waals surface area (Å²) in [7, 11) is 0. The van der Waals surface area contributed by atoms with Gasteiger partial charge in [0.2, 0.25) is 5.91 Å². The molecule has 6 aromatic carbocycles. The number of rotatable bonds is 21. The maximum Gasteiger partial charge on any atom is 0.311 e. The Labute approximate surface area is 461 Å². The van der Waals surface area contributed by atoms with Crippen LogP contribution in [0.5, 0.6) is 5.75 Å². The van der Waals surface area contributed by atoms with Gasteiger partial charge in [0.25, 0.3) is 5.91 Å². The minimum Gasteiger partial charge on any atom is -0.462 e. The third-order valence-electron chi connectivity index (χ3n) is 14.3. The van der Waals surface area contributed by atoms with E-state index in [1.165, 1.54) is 67.6 Å². The van der Waals surface area contributed by atoms with Crippen molar-refractivity contribution in [1.29, 1.82) is 0 Å². The minimum absolute atomic E-state index is 0.100. The van der Waals surface area contributed by atoms with Crippen molar-refractivity contribution in [3.63, 3.8) is 0 Å². The fourth-order valence-electron chi connectivity index (χ4n) is 10.7. The fourth-order valence-corrected chi connectivity index (χ4v) is 10.7. The van der Waals surface area contributed by atoms with Crippen LogP contribution in [0.4, 0.5) is 24.5 Å². The topological polar surface area (TPSA) is 160 Å². The smallest absolute Gasteiger partial charge is 0.311 e. The maximum atomic E-state index is 14.5. The minimum atomic E-state index is -0.785. The Balaban J connectivity index is 0.824. The Kier molecular flexibility index (Phi) is 17.7. The van der Waals surface area contributed by atoms with Gasteiger partial charge in [-0.25, -0.2) is 13.2 Å². The van der Waals surface area contributed by atoms with Crippen molar-refractivity contribution >= 4 is 47.1 Å². The molecular weight excluding hydrogens is 1030 g/mol. The molecule has 0 radical (unpaired) electrons. The molecule has 0 bridgehead atoms. The van der Waals surface area contributed by atoms with Crippen molar-refractivity contribution in [2.24, 2.45) is 5.92 Å². The summed E-state index contributed by atoms with van der Waals surface area (Å²) in [5, 5.41) is 3.07. The number of amides is 2. The van der Waals surface area contributed by atoms with E-state index in [0.717, 1.165) is 11.3 Å². The van der Waals surface area contributed by atoms with Gasteiger partial charge in [0.05, 0.1) is 29.6 Å². The molecule has 16 heteroatoms. The summed E-state index contributed by atoms with van der Waals surface area (Å²) in [4.78, 5) is 81.2. The number of anilines is 2. The third kappa shape index (κ3) is 13.4. The van der Waals surface area contributed by atoms with Crippen LogP contribution in [0.15, 0.2) is 158 Å². The van der Waals surface area contributed by atoms with E-state index in [2.05, 4.69) is 9.88 Å². The van der Waals surface area contributed by atoms with Crippen molar-refractivity contribution < 1.29 is 60.9 Å². The van der Waals surface area contributed by atoms with Crippen LogP contribution in [-0.4, -0.2) is 52.5 Å². The fraction of sp³-hybridized carbons (Fsp3) is 0.281. The highest BCUT2D eigenvalue weighted by atomic mass is 19.1. The van der Waals surface area contributed by atoms with Crippen LogP contribution in [0, 0.1) is 23.4 Å². The van der Waals surface area contributed by atoms with Crippen molar-refractivity contribution in [2.45, 2.75) is 109 Å². The molecule has 0 spiro atoms. The van der Waals surface area contributed by atoms with Crippen molar-refractivity contribution in [3.8, 4) is 28.1 Å². The van der Waals surface area contributed by atoms with Gasteiger partial charge in [-0.1, -0.05) is 86.6 Å².